The lowest BCUT2D eigenvalue weighted by Gasteiger charge is -2.38. The third-order valence-corrected chi connectivity index (χ3v) is 8.99. The van der Waals surface area contributed by atoms with Gasteiger partial charge >= 0.3 is 65.7 Å². The molecule has 0 aromatic rings. The number of esters is 11. The largest absolute Gasteiger partial charge is 0.462 e. The van der Waals surface area contributed by atoms with E-state index in [4.69, 9.17) is 52.1 Å². The number of rotatable bonds is 28. The van der Waals surface area contributed by atoms with E-state index in [1.165, 1.54) is 6.92 Å². The molecule has 0 saturated heterocycles. The maximum Gasteiger partial charge on any atom is 0.303 e. The molecule has 22 heteroatoms. The van der Waals surface area contributed by atoms with E-state index in [9.17, 15) is 52.7 Å². The molecule has 0 fully saturated rings. The quantitative estimate of drug-likeness (QED) is 0.0805. The summed E-state index contributed by atoms with van der Waals surface area (Å²) in [7, 11) is 0. The molecule has 0 rings (SSSR count). The Hall–Kier alpha value is -5.83. The van der Waals surface area contributed by atoms with Gasteiger partial charge in [0.2, 0.25) is 0 Å². The van der Waals surface area contributed by atoms with Crippen LogP contribution in [0.1, 0.15) is 122 Å². The molecule has 22 nitrogen and oxygen atoms in total. The lowest BCUT2D eigenvalue weighted by Crippen LogP contribution is -2.47. The molecule has 0 bridgehead atoms. The SMILES string of the molecule is CC(=O)OC[C@H](C[C@@H](C[C@@H](OC(C)=O)[C@H](C)[C@H](OC(C)=O)[C@@H](C)[C@H](C[C@H](C[C@@H](C[C@@H](OC(C)=O)[C@H](COC(C)=O)OC(C)=O)OC(C)=O)OC(C)=O)OC(C)=O)OC(C)=O)OC(C)=O. The summed E-state index contributed by atoms with van der Waals surface area (Å²) in [5.74, 6) is -10.6. The lowest BCUT2D eigenvalue weighted by atomic mass is 9.81. The molecule has 0 spiro atoms. The van der Waals surface area contributed by atoms with Crippen molar-refractivity contribution in [1.29, 1.82) is 0 Å². The first-order chi connectivity index (χ1) is 29.6. The summed E-state index contributed by atoms with van der Waals surface area (Å²) in [5, 5.41) is 0. The van der Waals surface area contributed by atoms with Crippen LogP contribution in [0.15, 0.2) is 0 Å². The smallest absolute Gasteiger partial charge is 0.303 e. The van der Waals surface area contributed by atoms with E-state index in [2.05, 4.69) is 0 Å². The Morgan fingerprint density at radius 1 is 0.281 bits per heavy atom. The van der Waals surface area contributed by atoms with E-state index in [1.54, 1.807) is 6.92 Å². The minimum atomic E-state index is -1.37. The summed E-state index contributed by atoms with van der Waals surface area (Å²) >= 11 is 0. The highest BCUT2D eigenvalue weighted by molar-refractivity contribution is 5.70. The molecule has 0 aliphatic rings. The van der Waals surface area contributed by atoms with Gasteiger partial charge in [0, 0.05) is 120 Å². The van der Waals surface area contributed by atoms with Crippen LogP contribution in [0.5, 0.6) is 0 Å². The first-order valence-corrected chi connectivity index (χ1v) is 20.4. The molecule has 0 aromatic heterocycles. The molecule has 64 heavy (non-hydrogen) atoms. The summed E-state index contributed by atoms with van der Waals surface area (Å²) in [6, 6.07) is 0. The van der Waals surface area contributed by atoms with Crippen molar-refractivity contribution in [3.8, 4) is 0 Å². The molecule has 0 aromatic carbocycles. The van der Waals surface area contributed by atoms with Crippen molar-refractivity contribution in [2.75, 3.05) is 13.2 Å². The zero-order valence-electron chi connectivity index (χ0n) is 38.8. The maximum absolute atomic E-state index is 12.7. The van der Waals surface area contributed by atoms with Crippen LogP contribution in [0.25, 0.3) is 0 Å². The van der Waals surface area contributed by atoms with E-state index in [-0.39, 0.29) is 32.1 Å². The summed E-state index contributed by atoms with van der Waals surface area (Å²) in [5.41, 5.74) is 0. The van der Waals surface area contributed by atoms with Crippen molar-refractivity contribution in [2.45, 2.75) is 177 Å². The van der Waals surface area contributed by atoms with Crippen LogP contribution in [0, 0.1) is 11.8 Å². The van der Waals surface area contributed by atoms with Crippen LogP contribution in [-0.2, 0) is 105 Å². The van der Waals surface area contributed by atoms with Crippen molar-refractivity contribution in [3.05, 3.63) is 0 Å². The summed E-state index contributed by atoms with van der Waals surface area (Å²) in [6.45, 7) is 14.2. The Bertz CT molecular complexity index is 1620. The summed E-state index contributed by atoms with van der Waals surface area (Å²) in [6.07, 6.45) is -12.8. The molecule has 0 aliphatic carbocycles. The fraction of sp³-hybridized carbons (Fsp3) is 0.738. The first kappa shape index (κ1) is 58.2. The molecule has 0 N–H and O–H groups in total. The van der Waals surface area contributed by atoms with Gasteiger partial charge in [-0.2, -0.15) is 0 Å². The van der Waals surface area contributed by atoms with E-state index in [0.29, 0.717) is 0 Å². The van der Waals surface area contributed by atoms with E-state index < -0.39 is 146 Å². The van der Waals surface area contributed by atoms with Crippen molar-refractivity contribution in [2.24, 2.45) is 11.8 Å². The van der Waals surface area contributed by atoms with Crippen LogP contribution in [0.2, 0.25) is 0 Å². The fourth-order valence-corrected chi connectivity index (χ4v) is 6.83. The van der Waals surface area contributed by atoms with Gasteiger partial charge in [0.05, 0.1) is 0 Å². The number of hydrogen-bond donors (Lipinski definition) is 0. The molecule has 0 saturated carbocycles. The second kappa shape index (κ2) is 29.5. The van der Waals surface area contributed by atoms with Crippen molar-refractivity contribution in [1.82, 2.24) is 0 Å². The third-order valence-electron chi connectivity index (χ3n) is 8.99. The van der Waals surface area contributed by atoms with E-state index in [0.717, 1.165) is 76.2 Å². The van der Waals surface area contributed by atoms with Crippen LogP contribution < -0.4 is 0 Å². The van der Waals surface area contributed by atoms with Gasteiger partial charge in [-0.25, -0.2) is 0 Å². The number of carbonyl (C=O) groups excluding carboxylic acids is 11. The second-order valence-corrected chi connectivity index (χ2v) is 15.1. The maximum atomic E-state index is 12.7. The standard InChI is InChI=1S/C42H64O22/c1-21(42(64-33(13)53)22(2)39(61-30(10)50)17-36(58-27(7)47)15-37(59-28(8)48)19-54-23(3)43)38(60-29(9)49)16-34(56-25(5)45)14-35(57-26(6)46)18-40(62-31(11)51)41(63-32(12)52)20-55-24(4)44/h21-22,34-42H,14-20H2,1-13H3/t21-,22-,34-,35-,36-,37-,38-,39+,40+,41-,42+/m0/s1. The van der Waals surface area contributed by atoms with E-state index in [1.807, 2.05) is 0 Å². The fourth-order valence-electron chi connectivity index (χ4n) is 6.83. The molecule has 0 unspecified atom stereocenters. The average Bonchev–Trinajstić information content (AvgIpc) is 3.11. The van der Waals surface area contributed by atoms with Gasteiger partial charge in [-0.1, -0.05) is 13.8 Å². The molecule has 0 amide bonds. The van der Waals surface area contributed by atoms with Gasteiger partial charge in [0.1, 0.15) is 62.0 Å². The van der Waals surface area contributed by atoms with Crippen molar-refractivity contribution >= 4 is 65.7 Å². The summed E-state index contributed by atoms with van der Waals surface area (Å²) < 4.78 is 59.9. The molecule has 364 valence electrons. The van der Waals surface area contributed by atoms with Gasteiger partial charge < -0.3 is 52.1 Å². The predicted octanol–water partition coefficient (Wildman–Crippen LogP) is 2.72. The second-order valence-electron chi connectivity index (χ2n) is 15.1. The Morgan fingerprint density at radius 3 is 0.875 bits per heavy atom. The Labute approximate surface area is 372 Å². The Kier molecular flexibility index (Phi) is 26.8. The topological polar surface area (TPSA) is 289 Å². The zero-order chi connectivity index (χ0) is 49.4. The van der Waals surface area contributed by atoms with Crippen LogP contribution >= 0.6 is 0 Å². The third kappa shape index (κ3) is 26.6. The number of ether oxygens (including phenoxy) is 11. The van der Waals surface area contributed by atoms with Crippen molar-refractivity contribution in [3.63, 3.8) is 0 Å². The molecule has 11 atom stereocenters. The van der Waals surface area contributed by atoms with Gasteiger partial charge in [-0.05, 0) is 0 Å². The van der Waals surface area contributed by atoms with Crippen LogP contribution in [0.4, 0.5) is 0 Å². The van der Waals surface area contributed by atoms with Crippen LogP contribution in [0.3, 0.4) is 0 Å². The lowest BCUT2D eigenvalue weighted by molar-refractivity contribution is -0.178. The van der Waals surface area contributed by atoms with Gasteiger partial charge in [-0.3, -0.25) is 52.7 Å². The molecular formula is C42H64O22. The monoisotopic (exact) mass is 920 g/mol. The minimum Gasteiger partial charge on any atom is -0.462 e. The Balaban J connectivity index is 7.21. The molecule has 0 radical (unpaired) electrons. The minimum absolute atomic E-state index is 0.224. The van der Waals surface area contributed by atoms with Gasteiger partial charge in [-0.15, -0.1) is 0 Å². The highest BCUT2D eigenvalue weighted by Gasteiger charge is 2.42. The predicted molar refractivity (Wildman–Crippen MR) is 215 cm³/mol. The Morgan fingerprint density at radius 2 is 0.547 bits per heavy atom. The average molecular weight is 921 g/mol. The number of hydrogen-bond acceptors (Lipinski definition) is 22. The highest BCUT2D eigenvalue weighted by atomic mass is 16.6. The van der Waals surface area contributed by atoms with Crippen LogP contribution in [-0.4, -0.2) is 134 Å². The number of carbonyl (C=O) groups is 11. The van der Waals surface area contributed by atoms with Crippen molar-refractivity contribution < 1.29 is 105 Å². The normalized spacial score (nSPS) is 16.0. The first-order valence-electron chi connectivity index (χ1n) is 20.4. The van der Waals surface area contributed by atoms with E-state index >= 15 is 0 Å². The highest BCUT2D eigenvalue weighted by Crippen LogP contribution is 2.33. The summed E-state index contributed by atoms with van der Waals surface area (Å²) in [4.78, 5) is 134. The molecular weight excluding hydrogens is 856 g/mol. The molecule has 0 heterocycles. The van der Waals surface area contributed by atoms with Gasteiger partial charge in [0.15, 0.2) is 6.10 Å². The van der Waals surface area contributed by atoms with Gasteiger partial charge in [0.25, 0.3) is 0 Å². The zero-order valence-corrected chi connectivity index (χ0v) is 38.8. The molecule has 0 aliphatic heterocycles.